The molecule has 1 heterocycles. The number of aryl methyl sites for hydroxylation is 2. The summed E-state index contributed by atoms with van der Waals surface area (Å²) in [5, 5.41) is 3.27. The summed E-state index contributed by atoms with van der Waals surface area (Å²) in [5.41, 5.74) is 3.12. The SMILES string of the molecule is COC(=O)CCc1ccc(COc2cc(F)ccc2F)cc1C(=O)NC1(c2cccc(C)c2)CCOCC1. The van der Waals surface area contributed by atoms with Crippen molar-refractivity contribution < 1.29 is 32.6 Å². The van der Waals surface area contributed by atoms with Crippen molar-refractivity contribution in [3.63, 3.8) is 0 Å². The molecule has 1 aliphatic rings. The molecule has 3 aromatic carbocycles. The predicted octanol–water partition coefficient (Wildman–Crippen LogP) is 5.39. The molecule has 1 amide bonds. The van der Waals surface area contributed by atoms with Crippen LogP contribution in [-0.4, -0.2) is 32.2 Å². The maximum absolute atomic E-state index is 14.0. The molecule has 1 fully saturated rings. The highest BCUT2D eigenvalue weighted by Gasteiger charge is 2.36. The van der Waals surface area contributed by atoms with Crippen molar-refractivity contribution in [1.82, 2.24) is 5.32 Å². The number of carbonyl (C=O) groups is 2. The Balaban J connectivity index is 1.63. The number of rotatable bonds is 9. The van der Waals surface area contributed by atoms with Crippen molar-refractivity contribution in [2.45, 2.75) is 44.8 Å². The zero-order valence-electron chi connectivity index (χ0n) is 21.5. The van der Waals surface area contributed by atoms with E-state index in [-0.39, 0.29) is 30.7 Å². The summed E-state index contributed by atoms with van der Waals surface area (Å²) in [5.74, 6) is -2.19. The van der Waals surface area contributed by atoms with Gasteiger partial charge in [-0.05, 0) is 61.1 Å². The third-order valence-electron chi connectivity index (χ3n) is 6.80. The number of hydrogen-bond donors (Lipinski definition) is 1. The van der Waals surface area contributed by atoms with E-state index in [0.717, 1.165) is 29.3 Å². The molecule has 0 saturated carbocycles. The Morgan fingerprint density at radius 2 is 1.82 bits per heavy atom. The highest BCUT2D eigenvalue weighted by atomic mass is 19.1. The molecule has 38 heavy (non-hydrogen) atoms. The van der Waals surface area contributed by atoms with Gasteiger partial charge in [-0.3, -0.25) is 9.59 Å². The first-order valence-electron chi connectivity index (χ1n) is 12.5. The van der Waals surface area contributed by atoms with E-state index in [1.54, 1.807) is 18.2 Å². The maximum Gasteiger partial charge on any atom is 0.305 e. The van der Waals surface area contributed by atoms with Crippen LogP contribution in [0.25, 0.3) is 0 Å². The van der Waals surface area contributed by atoms with Crippen LogP contribution in [0.3, 0.4) is 0 Å². The van der Waals surface area contributed by atoms with Gasteiger partial charge in [-0.1, -0.05) is 42.0 Å². The molecular weight excluding hydrogens is 492 g/mol. The first-order chi connectivity index (χ1) is 18.3. The lowest BCUT2D eigenvalue weighted by molar-refractivity contribution is -0.140. The average Bonchev–Trinajstić information content (AvgIpc) is 2.92. The van der Waals surface area contributed by atoms with E-state index in [1.165, 1.54) is 7.11 Å². The number of ether oxygens (including phenoxy) is 3. The van der Waals surface area contributed by atoms with Crippen LogP contribution in [-0.2, 0) is 32.8 Å². The topological polar surface area (TPSA) is 73.9 Å². The Bertz CT molecular complexity index is 1300. The van der Waals surface area contributed by atoms with Crippen molar-refractivity contribution in [3.8, 4) is 5.75 Å². The van der Waals surface area contributed by atoms with E-state index >= 15 is 0 Å². The van der Waals surface area contributed by atoms with Crippen LogP contribution in [0.15, 0.2) is 60.7 Å². The molecule has 0 spiro atoms. The summed E-state index contributed by atoms with van der Waals surface area (Å²) in [6.07, 6.45) is 1.64. The number of benzene rings is 3. The predicted molar refractivity (Wildman–Crippen MR) is 138 cm³/mol. The van der Waals surface area contributed by atoms with Crippen LogP contribution < -0.4 is 10.1 Å². The molecule has 0 radical (unpaired) electrons. The first-order valence-corrected chi connectivity index (χ1v) is 12.5. The molecule has 1 aliphatic heterocycles. The number of amides is 1. The van der Waals surface area contributed by atoms with Crippen LogP contribution in [0.4, 0.5) is 8.78 Å². The Morgan fingerprint density at radius 1 is 1.03 bits per heavy atom. The summed E-state index contributed by atoms with van der Waals surface area (Å²) < 4.78 is 43.5. The molecule has 6 nitrogen and oxygen atoms in total. The molecule has 0 aliphatic carbocycles. The molecule has 4 rings (SSSR count). The maximum atomic E-state index is 14.0. The summed E-state index contributed by atoms with van der Waals surface area (Å²) in [6, 6.07) is 16.2. The van der Waals surface area contributed by atoms with Gasteiger partial charge >= 0.3 is 5.97 Å². The number of carbonyl (C=O) groups excluding carboxylic acids is 2. The lowest BCUT2D eigenvalue weighted by Gasteiger charge is -2.39. The van der Waals surface area contributed by atoms with Gasteiger partial charge in [0.2, 0.25) is 0 Å². The number of nitrogens with one attached hydrogen (secondary N) is 1. The van der Waals surface area contributed by atoms with Gasteiger partial charge in [0.1, 0.15) is 12.4 Å². The molecule has 0 aromatic heterocycles. The lowest BCUT2D eigenvalue weighted by Crippen LogP contribution is -2.49. The van der Waals surface area contributed by atoms with Crippen LogP contribution in [0, 0.1) is 18.6 Å². The number of halogens is 2. The Labute approximate surface area is 220 Å². The van der Waals surface area contributed by atoms with E-state index in [4.69, 9.17) is 14.2 Å². The van der Waals surface area contributed by atoms with Gasteiger partial charge in [-0.25, -0.2) is 8.78 Å². The van der Waals surface area contributed by atoms with Gasteiger partial charge in [0.05, 0.1) is 12.6 Å². The number of hydrogen-bond acceptors (Lipinski definition) is 5. The minimum absolute atomic E-state index is 0.0746. The van der Waals surface area contributed by atoms with Gasteiger partial charge in [-0.2, -0.15) is 0 Å². The monoisotopic (exact) mass is 523 g/mol. The zero-order chi connectivity index (χ0) is 27.1. The fourth-order valence-corrected chi connectivity index (χ4v) is 4.66. The van der Waals surface area contributed by atoms with Crippen molar-refractivity contribution in [1.29, 1.82) is 0 Å². The summed E-state index contributed by atoms with van der Waals surface area (Å²) in [4.78, 5) is 25.6. The largest absolute Gasteiger partial charge is 0.486 e. The van der Waals surface area contributed by atoms with Crippen LogP contribution in [0.5, 0.6) is 5.75 Å². The lowest BCUT2D eigenvalue weighted by atomic mass is 9.81. The summed E-state index contributed by atoms with van der Waals surface area (Å²) in [6.45, 7) is 2.95. The van der Waals surface area contributed by atoms with Gasteiger partial charge in [0, 0.05) is 31.3 Å². The van der Waals surface area contributed by atoms with E-state index < -0.39 is 17.2 Å². The zero-order valence-corrected chi connectivity index (χ0v) is 21.5. The second-order valence-corrected chi connectivity index (χ2v) is 9.45. The van der Waals surface area contributed by atoms with Crippen molar-refractivity contribution in [3.05, 3.63) is 100 Å². The standard InChI is InChI=1S/C30H31F2NO5/c1-20-4-3-5-23(16-20)30(12-14-37-15-13-30)33-29(35)25-17-21(6-7-22(25)8-11-28(34)36-2)19-38-27-18-24(31)9-10-26(27)32/h3-7,9-10,16-18H,8,11-15,19H2,1-2H3,(H,33,35). The van der Waals surface area contributed by atoms with Gasteiger partial charge in [-0.15, -0.1) is 0 Å². The average molecular weight is 524 g/mol. The summed E-state index contributed by atoms with van der Waals surface area (Å²) >= 11 is 0. The Morgan fingerprint density at radius 3 is 2.55 bits per heavy atom. The van der Waals surface area contributed by atoms with E-state index in [1.807, 2.05) is 25.1 Å². The normalized spacial score (nSPS) is 14.5. The highest BCUT2D eigenvalue weighted by molar-refractivity contribution is 5.96. The highest BCUT2D eigenvalue weighted by Crippen LogP contribution is 2.33. The fraction of sp³-hybridized carbons (Fsp3) is 0.333. The van der Waals surface area contributed by atoms with E-state index in [0.29, 0.717) is 49.2 Å². The number of methoxy groups -OCH3 is 1. The minimum atomic E-state index is -0.682. The van der Waals surface area contributed by atoms with Gasteiger partial charge < -0.3 is 19.5 Å². The van der Waals surface area contributed by atoms with Crippen LogP contribution in [0.2, 0.25) is 0 Å². The van der Waals surface area contributed by atoms with Crippen LogP contribution >= 0.6 is 0 Å². The molecule has 0 unspecified atom stereocenters. The summed E-state index contributed by atoms with van der Waals surface area (Å²) in [7, 11) is 1.32. The van der Waals surface area contributed by atoms with Gasteiger partial charge in [0.25, 0.3) is 5.91 Å². The minimum Gasteiger partial charge on any atom is -0.486 e. The third kappa shape index (κ3) is 6.55. The Hall–Kier alpha value is -3.78. The molecule has 3 aromatic rings. The fourth-order valence-electron chi connectivity index (χ4n) is 4.66. The second-order valence-electron chi connectivity index (χ2n) is 9.45. The smallest absolute Gasteiger partial charge is 0.305 e. The second kappa shape index (κ2) is 12.2. The number of esters is 1. The van der Waals surface area contributed by atoms with Crippen molar-refractivity contribution in [2.75, 3.05) is 20.3 Å². The third-order valence-corrected chi connectivity index (χ3v) is 6.80. The molecule has 0 atom stereocenters. The molecular formula is C30H31F2NO5. The molecule has 1 N–H and O–H groups in total. The van der Waals surface area contributed by atoms with Gasteiger partial charge in [0.15, 0.2) is 11.6 Å². The van der Waals surface area contributed by atoms with Crippen molar-refractivity contribution in [2.24, 2.45) is 0 Å². The molecule has 1 saturated heterocycles. The quantitative estimate of drug-likeness (QED) is 0.381. The van der Waals surface area contributed by atoms with Crippen LogP contribution in [0.1, 0.15) is 51.9 Å². The molecule has 8 heteroatoms. The van der Waals surface area contributed by atoms with E-state index in [2.05, 4.69) is 11.4 Å². The Kier molecular flexibility index (Phi) is 8.73. The van der Waals surface area contributed by atoms with Crippen molar-refractivity contribution >= 4 is 11.9 Å². The van der Waals surface area contributed by atoms with E-state index in [9.17, 15) is 18.4 Å². The first kappa shape index (κ1) is 27.3. The molecule has 0 bridgehead atoms. The molecule has 200 valence electrons.